The molecule has 1 aliphatic heterocycles. The van der Waals surface area contributed by atoms with E-state index in [4.69, 9.17) is 0 Å². The molecular weight excluding hydrogens is 387 g/mol. The second-order valence-corrected chi connectivity index (χ2v) is 7.04. The summed E-state index contributed by atoms with van der Waals surface area (Å²) in [6, 6.07) is 5.07. The quantitative estimate of drug-likeness (QED) is 0.708. The number of benzene rings is 1. The number of rotatable bonds is 5. The van der Waals surface area contributed by atoms with Crippen LogP contribution >= 0.6 is 0 Å². The molecule has 2 heterocycles. The van der Waals surface area contributed by atoms with Crippen LogP contribution in [0.15, 0.2) is 42.7 Å². The summed E-state index contributed by atoms with van der Waals surface area (Å²) in [5.74, 6) is -2.14. The summed E-state index contributed by atoms with van der Waals surface area (Å²) in [6.45, 7) is 9.17. The SMILES string of the molecule is CC.Cc1ccc(NC(=O)[C@H](C(C)C)N2C(=O)NC(c3cccnc3)C2=O)c(F)c1.[HH].[HH]. The number of urea groups is 1. The van der Waals surface area contributed by atoms with E-state index < -0.39 is 35.7 Å². The highest BCUT2D eigenvalue weighted by Crippen LogP contribution is 2.26. The smallest absolute Gasteiger partial charge is 0.322 e. The Morgan fingerprint density at radius 1 is 1.27 bits per heavy atom. The predicted octanol–water partition coefficient (Wildman–Crippen LogP) is 4.30. The molecule has 2 atom stereocenters. The average Bonchev–Trinajstić information content (AvgIpc) is 3.01. The van der Waals surface area contributed by atoms with Crippen molar-refractivity contribution in [2.75, 3.05) is 5.32 Å². The van der Waals surface area contributed by atoms with Crippen molar-refractivity contribution in [1.29, 1.82) is 0 Å². The van der Waals surface area contributed by atoms with Gasteiger partial charge in [0.2, 0.25) is 5.91 Å². The third kappa shape index (κ3) is 4.82. The van der Waals surface area contributed by atoms with Crippen LogP contribution in [-0.2, 0) is 9.59 Å². The standard InChI is InChI=1S/C20H21FN4O3.C2H6.2H2/c1-11(2)17(18(26)23-15-7-6-12(3)9-14(15)21)25-19(27)16(24-20(25)28)13-5-4-8-22-10-13;1-2;;/h4-11,16-17H,1-3H3,(H,23,26)(H,24,28);1-2H3;2*1H/t16?,17-;;;/m0.../s1. The molecule has 1 saturated heterocycles. The number of halogens is 1. The number of anilines is 1. The highest BCUT2D eigenvalue weighted by Gasteiger charge is 2.46. The maximum Gasteiger partial charge on any atom is 0.325 e. The predicted molar refractivity (Wildman–Crippen MR) is 116 cm³/mol. The Balaban J connectivity index is 0.00000234. The zero-order valence-electron chi connectivity index (χ0n) is 17.8. The van der Waals surface area contributed by atoms with Gasteiger partial charge in [-0.2, -0.15) is 0 Å². The van der Waals surface area contributed by atoms with E-state index in [0.29, 0.717) is 11.1 Å². The fraction of sp³-hybridized carbons (Fsp3) is 0.364. The number of amides is 4. The van der Waals surface area contributed by atoms with E-state index in [1.165, 1.54) is 18.3 Å². The van der Waals surface area contributed by atoms with Gasteiger partial charge >= 0.3 is 6.03 Å². The Hall–Kier alpha value is -3.29. The van der Waals surface area contributed by atoms with Gasteiger partial charge in [-0.15, -0.1) is 0 Å². The Kier molecular flexibility index (Phi) is 7.63. The molecule has 2 N–H and O–H groups in total. The van der Waals surface area contributed by atoms with Crippen LogP contribution in [0.5, 0.6) is 0 Å². The van der Waals surface area contributed by atoms with E-state index in [9.17, 15) is 18.8 Å². The average molecular weight is 419 g/mol. The minimum atomic E-state index is -1.09. The number of carbonyl (C=O) groups is 3. The molecule has 164 valence electrons. The number of aryl methyl sites for hydroxylation is 1. The van der Waals surface area contributed by atoms with E-state index in [1.807, 2.05) is 13.8 Å². The third-order valence-electron chi connectivity index (χ3n) is 4.55. The van der Waals surface area contributed by atoms with Crippen molar-refractivity contribution in [3.8, 4) is 0 Å². The van der Waals surface area contributed by atoms with Crippen molar-refractivity contribution in [3.63, 3.8) is 0 Å². The maximum absolute atomic E-state index is 14.1. The maximum atomic E-state index is 14.1. The number of hydrogen-bond acceptors (Lipinski definition) is 4. The zero-order valence-corrected chi connectivity index (χ0v) is 17.8. The molecule has 2 aromatic rings. The summed E-state index contributed by atoms with van der Waals surface area (Å²) in [5, 5.41) is 5.08. The van der Waals surface area contributed by atoms with Crippen molar-refractivity contribution < 1.29 is 21.6 Å². The van der Waals surface area contributed by atoms with Gasteiger partial charge in [-0.1, -0.05) is 39.8 Å². The number of carbonyl (C=O) groups excluding carboxylic acids is 3. The highest BCUT2D eigenvalue weighted by molar-refractivity contribution is 6.09. The molecule has 8 heteroatoms. The van der Waals surface area contributed by atoms with Crippen molar-refractivity contribution >= 4 is 23.5 Å². The van der Waals surface area contributed by atoms with Gasteiger partial charge in [-0.3, -0.25) is 14.6 Å². The summed E-state index contributed by atoms with van der Waals surface area (Å²) in [7, 11) is 0. The van der Waals surface area contributed by atoms with E-state index >= 15 is 0 Å². The minimum absolute atomic E-state index is 0. The minimum Gasteiger partial charge on any atom is -0.322 e. The lowest BCUT2D eigenvalue weighted by molar-refractivity contribution is -0.135. The molecule has 0 spiro atoms. The first-order chi connectivity index (χ1) is 14.3. The molecule has 1 unspecified atom stereocenters. The lowest BCUT2D eigenvalue weighted by Crippen LogP contribution is -2.50. The van der Waals surface area contributed by atoms with Gasteiger partial charge in [0, 0.05) is 20.8 Å². The molecule has 30 heavy (non-hydrogen) atoms. The van der Waals surface area contributed by atoms with Gasteiger partial charge in [0.15, 0.2) is 0 Å². The van der Waals surface area contributed by atoms with Crippen LogP contribution in [0.3, 0.4) is 0 Å². The van der Waals surface area contributed by atoms with Crippen LogP contribution in [0.2, 0.25) is 0 Å². The van der Waals surface area contributed by atoms with Crippen molar-refractivity contribution in [2.45, 2.75) is 46.7 Å². The first-order valence-electron chi connectivity index (χ1n) is 9.90. The lowest BCUT2D eigenvalue weighted by atomic mass is 10.0. The van der Waals surface area contributed by atoms with Gasteiger partial charge in [-0.25, -0.2) is 14.1 Å². The van der Waals surface area contributed by atoms with Crippen molar-refractivity contribution in [3.05, 3.63) is 59.7 Å². The molecule has 0 bridgehead atoms. The first kappa shape index (κ1) is 23.0. The highest BCUT2D eigenvalue weighted by atomic mass is 19.1. The summed E-state index contributed by atoms with van der Waals surface area (Å²) in [6.07, 6.45) is 3.04. The molecule has 0 radical (unpaired) electrons. The second-order valence-electron chi connectivity index (χ2n) is 7.04. The van der Waals surface area contributed by atoms with Gasteiger partial charge in [-0.05, 0) is 36.6 Å². The van der Waals surface area contributed by atoms with Gasteiger partial charge in [0.05, 0.1) is 5.69 Å². The number of nitrogens with zero attached hydrogens (tertiary/aromatic N) is 2. The van der Waals surface area contributed by atoms with Crippen LogP contribution in [0.1, 0.15) is 47.7 Å². The summed E-state index contributed by atoms with van der Waals surface area (Å²) in [5.41, 5.74) is 1.23. The van der Waals surface area contributed by atoms with Gasteiger partial charge < -0.3 is 10.6 Å². The monoisotopic (exact) mass is 418 g/mol. The largest absolute Gasteiger partial charge is 0.325 e. The molecule has 1 aromatic heterocycles. The molecule has 1 aromatic carbocycles. The zero-order chi connectivity index (χ0) is 22.4. The lowest BCUT2D eigenvalue weighted by Gasteiger charge is -2.27. The van der Waals surface area contributed by atoms with Crippen LogP contribution in [0.4, 0.5) is 14.9 Å². The van der Waals surface area contributed by atoms with Crippen LogP contribution < -0.4 is 10.6 Å². The molecule has 1 aliphatic rings. The van der Waals surface area contributed by atoms with E-state index in [0.717, 1.165) is 4.90 Å². The number of pyridine rings is 1. The van der Waals surface area contributed by atoms with Crippen LogP contribution in [0, 0.1) is 18.7 Å². The molecule has 0 saturated carbocycles. The van der Waals surface area contributed by atoms with E-state index in [-0.39, 0.29) is 14.5 Å². The van der Waals surface area contributed by atoms with Crippen molar-refractivity contribution in [2.24, 2.45) is 5.92 Å². The second kappa shape index (κ2) is 9.96. The summed E-state index contributed by atoms with van der Waals surface area (Å²) >= 11 is 0. The van der Waals surface area contributed by atoms with E-state index in [2.05, 4.69) is 15.6 Å². The topological polar surface area (TPSA) is 91.4 Å². The normalized spacial score (nSPS) is 16.6. The van der Waals surface area contributed by atoms with Gasteiger partial charge in [0.25, 0.3) is 5.91 Å². The number of nitrogens with one attached hydrogen (secondary N) is 2. The Morgan fingerprint density at radius 3 is 2.53 bits per heavy atom. The third-order valence-corrected chi connectivity index (χ3v) is 4.55. The fourth-order valence-corrected chi connectivity index (χ4v) is 3.18. The Bertz CT molecular complexity index is 929. The molecule has 4 amide bonds. The summed E-state index contributed by atoms with van der Waals surface area (Å²) < 4.78 is 14.1. The van der Waals surface area contributed by atoms with Crippen LogP contribution in [0.25, 0.3) is 0 Å². The number of imide groups is 1. The number of hydrogen-bond donors (Lipinski definition) is 2. The number of aromatic nitrogens is 1. The molecule has 7 nitrogen and oxygen atoms in total. The van der Waals surface area contributed by atoms with Crippen molar-refractivity contribution in [1.82, 2.24) is 15.2 Å². The molecular formula is C22H31FN4O3. The van der Waals surface area contributed by atoms with Crippen LogP contribution in [-0.4, -0.2) is 33.8 Å². The Morgan fingerprint density at radius 2 is 1.97 bits per heavy atom. The molecule has 1 fully saturated rings. The summed E-state index contributed by atoms with van der Waals surface area (Å²) in [4.78, 5) is 43.1. The van der Waals surface area contributed by atoms with Gasteiger partial charge in [0.1, 0.15) is 17.9 Å². The first-order valence-corrected chi connectivity index (χ1v) is 9.90. The molecule has 3 rings (SSSR count). The molecule has 0 aliphatic carbocycles. The fourth-order valence-electron chi connectivity index (χ4n) is 3.18. The Labute approximate surface area is 178 Å². The van der Waals surface area contributed by atoms with E-state index in [1.54, 1.807) is 45.2 Å².